The smallest absolute Gasteiger partial charge is 0.407 e. The van der Waals surface area contributed by atoms with Crippen LogP contribution in [0.25, 0.3) is 0 Å². The van der Waals surface area contributed by atoms with Crippen molar-refractivity contribution < 1.29 is 23.9 Å². The monoisotopic (exact) mass is 390 g/mol. The first kappa shape index (κ1) is 21.1. The zero-order chi connectivity index (χ0) is 19.2. The van der Waals surface area contributed by atoms with E-state index in [1.54, 1.807) is 32.9 Å². The molecule has 0 spiro atoms. The number of benzene rings is 1. The van der Waals surface area contributed by atoms with Crippen molar-refractivity contribution in [2.75, 3.05) is 25.1 Å². The highest BCUT2D eigenvalue weighted by Gasteiger charge is 2.26. The van der Waals surface area contributed by atoms with Crippen molar-refractivity contribution in [1.82, 2.24) is 5.32 Å². The van der Waals surface area contributed by atoms with Gasteiger partial charge in [0.15, 0.2) is 0 Å². The topological polar surface area (TPSA) is 84.9 Å². The Morgan fingerprint density at radius 2 is 1.84 bits per heavy atom. The quantitative estimate of drug-likeness (QED) is 0.630. The maximum atomic E-state index is 12.2. The molecule has 0 heterocycles. The van der Waals surface area contributed by atoms with Crippen LogP contribution in [-0.4, -0.2) is 43.8 Å². The second kappa shape index (κ2) is 8.92. The molecular formula is C16H20Cl2N2O5. The summed E-state index contributed by atoms with van der Waals surface area (Å²) in [5.74, 6) is -1.99. The number of esters is 1. The Hall–Kier alpha value is -1.99. The second-order valence-electron chi connectivity index (χ2n) is 5.95. The van der Waals surface area contributed by atoms with Crippen LogP contribution in [0, 0.1) is 0 Å². The van der Waals surface area contributed by atoms with Gasteiger partial charge in [-0.05, 0) is 32.9 Å². The molecular weight excluding hydrogens is 371 g/mol. The van der Waals surface area contributed by atoms with Crippen LogP contribution in [-0.2, 0) is 19.1 Å². The highest BCUT2D eigenvalue weighted by atomic mass is 35.5. The highest BCUT2D eigenvalue weighted by molar-refractivity contribution is 6.45. The minimum absolute atomic E-state index is 0.0283. The fourth-order valence-corrected chi connectivity index (χ4v) is 2.21. The molecule has 0 aromatic heterocycles. The SMILES string of the molecule is COC(=O)C(=O)N(CCNC(=O)OC(C)(C)C)c1cccc(Cl)c1Cl. The van der Waals surface area contributed by atoms with E-state index in [2.05, 4.69) is 10.1 Å². The van der Waals surface area contributed by atoms with Crippen LogP contribution in [0.3, 0.4) is 0 Å². The summed E-state index contributed by atoms with van der Waals surface area (Å²) in [4.78, 5) is 36.6. The summed E-state index contributed by atoms with van der Waals surface area (Å²) >= 11 is 12.1. The van der Waals surface area contributed by atoms with Crippen molar-refractivity contribution in [3.8, 4) is 0 Å². The van der Waals surface area contributed by atoms with Crippen LogP contribution in [0.4, 0.5) is 10.5 Å². The molecule has 1 aromatic rings. The average molecular weight is 391 g/mol. The molecule has 138 valence electrons. The summed E-state index contributed by atoms with van der Waals surface area (Å²) in [6.45, 7) is 5.18. The van der Waals surface area contributed by atoms with Crippen molar-refractivity contribution in [1.29, 1.82) is 0 Å². The molecule has 0 saturated heterocycles. The number of anilines is 1. The molecule has 0 fully saturated rings. The fraction of sp³-hybridized carbons (Fsp3) is 0.438. The largest absolute Gasteiger partial charge is 0.462 e. The number of hydrogen-bond acceptors (Lipinski definition) is 5. The summed E-state index contributed by atoms with van der Waals surface area (Å²) in [5, 5.41) is 2.84. The molecule has 0 saturated carbocycles. The van der Waals surface area contributed by atoms with Gasteiger partial charge in [0.25, 0.3) is 0 Å². The number of nitrogens with one attached hydrogen (secondary N) is 1. The zero-order valence-electron chi connectivity index (χ0n) is 14.4. The third-order valence-electron chi connectivity index (χ3n) is 2.83. The Balaban J connectivity index is 2.90. The zero-order valence-corrected chi connectivity index (χ0v) is 15.9. The van der Waals surface area contributed by atoms with E-state index in [4.69, 9.17) is 27.9 Å². The molecule has 0 bridgehead atoms. The van der Waals surface area contributed by atoms with E-state index in [9.17, 15) is 14.4 Å². The highest BCUT2D eigenvalue weighted by Crippen LogP contribution is 2.32. The first-order chi connectivity index (χ1) is 11.6. The number of halogens is 2. The second-order valence-corrected chi connectivity index (χ2v) is 6.74. The third-order valence-corrected chi connectivity index (χ3v) is 3.64. The van der Waals surface area contributed by atoms with Gasteiger partial charge in [-0.1, -0.05) is 29.3 Å². The van der Waals surface area contributed by atoms with E-state index in [0.29, 0.717) is 0 Å². The van der Waals surface area contributed by atoms with E-state index >= 15 is 0 Å². The van der Waals surface area contributed by atoms with Gasteiger partial charge < -0.3 is 14.8 Å². The van der Waals surface area contributed by atoms with Gasteiger partial charge in [-0.2, -0.15) is 0 Å². The number of rotatable bonds is 4. The predicted molar refractivity (Wildman–Crippen MR) is 95.1 cm³/mol. The minimum Gasteiger partial charge on any atom is -0.462 e. The lowest BCUT2D eigenvalue weighted by molar-refractivity contribution is -0.151. The van der Waals surface area contributed by atoms with Crippen molar-refractivity contribution in [2.24, 2.45) is 0 Å². The van der Waals surface area contributed by atoms with Gasteiger partial charge >= 0.3 is 18.0 Å². The molecule has 7 nitrogen and oxygen atoms in total. The number of alkyl carbamates (subject to hydrolysis) is 1. The predicted octanol–water partition coefficient (Wildman–Crippen LogP) is 3.02. The van der Waals surface area contributed by atoms with Gasteiger partial charge in [-0.25, -0.2) is 9.59 Å². The van der Waals surface area contributed by atoms with E-state index in [1.165, 1.54) is 6.07 Å². The van der Waals surface area contributed by atoms with Crippen LogP contribution in [0.1, 0.15) is 20.8 Å². The number of nitrogens with zero attached hydrogens (tertiary/aromatic N) is 1. The van der Waals surface area contributed by atoms with Gasteiger partial charge in [-0.3, -0.25) is 9.69 Å². The van der Waals surface area contributed by atoms with Gasteiger partial charge in [-0.15, -0.1) is 0 Å². The van der Waals surface area contributed by atoms with Crippen molar-refractivity contribution in [3.63, 3.8) is 0 Å². The summed E-state index contributed by atoms with van der Waals surface area (Å²) in [7, 11) is 1.09. The summed E-state index contributed by atoms with van der Waals surface area (Å²) in [5.41, 5.74) is -0.419. The van der Waals surface area contributed by atoms with Crippen molar-refractivity contribution in [3.05, 3.63) is 28.2 Å². The van der Waals surface area contributed by atoms with Crippen LogP contribution in [0.2, 0.25) is 10.0 Å². The minimum atomic E-state index is -1.06. The molecule has 2 amide bonds. The molecule has 0 aliphatic rings. The lowest BCUT2D eigenvalue weighted by atomic mass is 10.2. The Labute approximate surface area is 156 Å². The Kier molecular flexibility index (Phi) is 7.51. The van der Waals surface area contributed by atoms with Crippen LogP contribution >= 0.6 is 23.2 Å². The van der Waals surface area contributed by atoms with Gasteiger partial charge in [0.2, 0.25) is 0 Å². The average Bonchev–Trinajstić information content (AvgIpc) is 2.51. The van der Waals surface area contributed by atoms with Gasteiger partial charge in [0.05, 0.1) is 22.8 Å². The first-order valence-corrected chi connectivity index (χ1v) is 8.13. The molecule has 0 atom stereocenters. The third kappa shape index (κ3) is 6.43. The van der Waals surface area contributed by atoms with E-state index in [-0.39, 0.29) is 28.8 Å². The van der Waals surface area contributed by atoms with E-state index in [0.717, 1.165) is 12.0 Å². The number of ether oxygens (including phenoxy) is 2. The normalized spacial score (nSPS) is 10.8. The number of carbonyl (C=O) groups excluding carboxylic acids is 3. The number of methoxy groups -OCH3 is 1. The van der Waals surface area contributed by atoms with Crippen LogP contribution < -0.4 is 10.2 Å². The number of hydrogen-bond donors (Lipinski definition) is 1. The summed E-state index contributed by atoms with van der Waals surface area (Å²) < 4.78 is 9.56. The van der Waals surface area contributed by atoms with Crippen LogP contribution in [0.5, 0.6) is 0 Å². The molecule has 9 heteroatoms. The standard InChI is InChI=1S/C16H20Cl2N2O5/c1-16(2,3)25-15(23)19-8-9-20(13(21)14(22)24-4)11-7-5-6-10(17)12(11)18/h5-7H,8-9H2,1-4H3,(H,19,23). The van der Waals surface area contributed by atoms with Gasteiger partial charge in [0.1, 0.15) is 5.60 Å². The van der Waals surface area contributed by atoms with E-state index in [1.807, 2.05) is 0 Å². The molecule has 1 aromatic carbocycles. The first-order valence-electron chi connectivity index (χ1n) is 7.37. The maximum Gasteiger partial charge on any atom is 0.407 e. The molecule has 0 aliphatic heterocycles. The number of carbonyl (C=O) groups is 3. The lowest BCUT2D eigenvalue weighted by Gasteiger charge is -2.24. The molecule has 1 rings (SSSR count). The van der Waals surface area contributed by atoms with Crippen LogP contribution in [0.15, 0.2) is 18.2 Å². The molecule has 25 heavy (non-hydrogen) atoms. The maximum absolute atomic E-state index is 12.2. The van der Waals surface area contributed by atoms with Gasteiger partial charge in [0, 0.05) is 13.1 Å². The Morgan fingerprint density at radius 3 is 2.40 bits per heavy atom. The number of amides is 2. The summed E-state index contributed by atoms with van der Waals surface area (Å²) in [6.07, 6.45) is -0.643. The summed E-state index contributed by atoms with van der Waals surface area (Å²) in [6, 6.07) is 4.66. The Morgan fingerprint density at radius 1 is 1.20 bits per heavy atom. The molecule has 0 radical (unpaired) electrons. The molecule has 1 N–H and O–H groups in total. The fourth-order valence-electron chi connectivity index (χ4n) is 1.81. The molecule has 0 aliphatic carbocycles. The van der Waals surface area contributed by atoms with E-state index < -0.39 is 23.6 Å². The molecule has 0 unspecified atom stereocenters. The van der Waals surface area contributed by atoms with Crippen molar-refractivity contribution in [2.45, 2.75) is 26.4 Å². The Bertz CT molecular complexity index is 658. The van der Waals surface area contributed by atoms with Crippen molar-refractivity contribution >= 4 is 46.9 Å². The lowest BCUT2D eigenvalue weighted by Crippen LogP contribution is -2.43.